The molecule has 6 nitrogen and oxygen atoms in total. The van der Waals surface area contributed by atoms with Crippen LogP contribution in [0.25, 0.3) is 0 Å². The lowest BCUT2D eigenvalue weighted by Crippen LogP contribution is -2.23. The summed E-state index contributed by atoms with van der Waals surface area (Å²) in [7, 11) is 6.48. The minimum absolute atomic E-state index is 0.0564. The monoisotopic (exact) mass is 342 g/mol. The number of amides is 2. The molecule has 0 fully saturated rings. The molecule has 0 radical (unpaired) electrons. The van der Waals surface area contributed by atoms with Gasteiger partial charge in [0, 0.05) is 37.8 Å². The molecule has 25 heavy (non-hydrogen) atoms. The first-order valence-electron chi connectivity index (χ1n) is 7.76. The van der Waals surface area contributed by atoms with Crippen LogP contribution in [0.4, 0.5) is 0 Å². The third-order valence-corrected chi connectivity index (χ3v) is 3.67. The van der Waals surface area contributed by atoms with Gasteiger partial charge in [0.2, 0.25) is 0 Å². The van der Waals surface area contributed by atoms with E-state index in [-0.39, 0.29) is 11.8 Å². The minimum Gasteiger partial charge on any atom is -0.497 e. The molecule has 0 heterocycles. The third-order valence-electron chi connectivity index (χ3n) is 3.67. The summed E-state index contributed by atoms with van der Waals surface area (Å²) < 4.78 is 10.3. The second-order valence-electron chi connectivity index (χ2n) is 5.68. The van der Waals surface area contributed by atoms with Crippen LogP contribution in [0.3, 0.4) is 0 Å². The first kappa shape index (κ1) is 18.3. The second-order valence-corrected chi connectivity index (χ2v) is 5.68. The van der Waals surface area contributed by atoms with Gasteiger partial charge in [0.1, 0.15) is 11.5 Å². The Balaban J connectivity index is 2.03. The Hall–Kier alpha value is -3.02. The highest BCUT2D eigenvalue weighted by atomic mass is 16.5. The van der Waals surface area contributed by atoms with E-state index in [2.05, 4.69) is 5.32 Å². The number of nitrogens with one attached hydrogen (secondary N) is 1. The van der Waals surface area contributed by atoms with Gasteiger partial charge in [-0.05, 0) is 29.8 Å². The summed E-state index contributed by atoms with van der Waals surface area (Å²) in [6, 6.07) is 12.1. The zero-order chi connectivity index (χ0) is 18.4. The molecule has 2 amide bonds. The van der Waals surface area contributed by atoms with Gasteiger partial charge in [0.25, 0.3) is 11.8 Å². The Morgan fingerprint density at radius 1 is 0.920 bits per heavy atom. The lowest BCUT2D eigenvalue weighted by molar-refractivity contribution is 0.0827. The largest absolute Gasteiger partial charge is 0.497 e. The molecule has 0 aliphatic carbocycles. The van der Waals surface area contributed by atoms with Crippen LogP contribution in [0.2, 0.25) is 0 Å². The topological polar surface area (TPSA) is 67.9 Å². The first-order valence-corrected chi connectivity index (χ1v) is 7.76. The molecule has 0 aliphatic heterocycles. The molecular formula is C19H22N2O4. The molecule has 0 spiro atoms. The van der Waals surface area contributed by atoms with Crippen LogP contribution in [-0.2, 0) is 6.54 Å². The Morgan fingerprint density at radius 2 is 1.48 bits per heavy atom. The molecule has 0 bridgehead atoms. The number of hydrogen-bond acceptors (Lipinski definition) is 4. The Morgan fingerprint density at radius 3 is 1.96 bits per heavy atom. The van der Waals surface area contributed by atoms with E-state index >= 15 is 0 Å². The van der Waals surface area contributed by atoms with Crippen molar-refractivity contribution < 1.29 is 19.1 Å². The van der Waals surface area contributed by atoms with Crippen LogP contribution in [-0.4, -0.2) is 45.0 Å². The van der Waals surface area contributed by atoms with Gasteiger partial charge in [0.05, 0.1) is 14.2 Å². The van der Waals surface area contributed by atoms with Crippen LogP contribution < -0.4 is 14.8 Å². The summed E-state index contributed by atoms with van der Waals surface area (Å²) in [4.78, 5) is 25.7. The van der Waals surface area contributed by atoms with Gasteiger partial charge in [-0.25, -0.2) is 0 Å². The number of hydrogen-bond donors (Lipinski definition) is 1. The molecule has 0 aliphatic rings. The van der Waals surface area contributed by atoms with Gasteiger partial charge >= 0.3 is 0 Å². The van der Waals surface area contributed by atoms with Gasteiger partial charge in [-0.3, -0.25) is 9.59 Å². The summed E-state index contributed by atoms with van der Waals surface area (Å²) >= 11 is 0. The number of carbonyl (C=O) groups excluding carboxylic acids is 2. The molecule has 0 atom stereocenters. The number of nitrogens with zero attached hydrogens (tertiary/aromatic N) is 1. The maximum Gasteiger partial charge on any atom is 0.253 e. The standard InChI is InChI=1S/C19H22N2O4/c1-21(2)19(23)14-7-5-13(6-8-14)12-20-18(22)15-9-16(24-3)11-17(10-15)25-4/h5-11H,12H2,1-4H3,(H,20,22). The van der Waals surface area contributed by atoms with E-state index in [1.807, 2.05) is 12.1 Å². The smallest absolute Gasteiger partial charge is 0.253 e. The van der Waals surface area contributed by atoms with Crippen molar-refractivity contribution in [3.05, 3.63) is 59.2 Å². The summed E-state index contributed by atoms with van der Waals surface area (Å²) in [5.74, 6) is 0.816. The van der Waals surface area contributed by atoms with Crippen LogP contribution in [0.5, 0.6) is 11.5 Å². The predicted molar refractivity (Wildman–Crippen MR) is 95.2 cm³/mol. The van der Waals surface area contributed by atoms with Gasteiger partial charge < -0.3 is 19.7 Å². The second kappa shape index (κ2) is 8.19. The zero-order valence-electron chi connectivity index (χ0n) is 14.8. The third kappa shape index (κ3) is 4.73. The highest BCUT2D eigenvalue weighted by molar-refractivity contribution is 5.95. The lowest BCUT2D eigenvalue weighted by atomic mass is 10.1. The molecule has 2 aromatic carbocycles. The van der Waals surface area contributed by atoms with Crippen molar-refractivity contribution in [3.8, 4) is 11.5 Å². The number of ether oxygens (including phenoxy) is 2. The van der Waals surface area contributed by atoms with Gasteiger partial charge in [-0.1, -0.05) is 12.1 Å². The van der Waals surface area contributed by atoms with E-state index in [0.717, 1.165) is 5.56 Å². The fraction of sp³-hybridized carbons (Fsp3) is 0.263. The van der Waals surface area contributed by atoms with Crippen molar-refractivity contribution in [2.45, 2.75) is 6.54 Å². The van der Waals surface area contributed by atoms with Crippen LogP contribution in [0, 0.1) is 0 Å². The molecular weight excluding hydrogens is 320 g/mol. The van der Waals surface area contributed by atoms with Crippen molar-refractivity contribution in [1.82, 2.24) is 10.2 Å². The minimum atomic E-state index is -0.231. The Labute approximate surface area is 147 Å². The van der Waals surface area contributed by atoms with Gasteiger partial charge in [-0.15, -0.1) is 0 Å². The molecule has 0 saturated heterocycles. The van der Waals surface area contributed by atoms with Crippen LogP contribution in [0.15, 0.2) is 42.5 Å². The molecule has 0 unspecified atom stereocenters. The molecule has 2 aromatic rings. The summed E-state index contributed by atoms with van der Waals surface area (Å²) in [6.07, 6.45) is 0. The Bertz CT molecular complexity index is 732. The maximum absolute atomic E-state index is 12.3. The highest BCUT2D eigenvalue weighted by Gasteiger charge is 2.11. The SMILES string of the molecule is COc1cc(OC)cc(C(=O)NCc2ccc(C(=O)N(C)C)cc2)c1. The molecule has 2 rings (SSSR count). The molecule has 1 N–H and O–H groups in total. The van der Waals surface area contributed by atoms with Gasteiger partial charge in [-0.2, -0.15) is 0 Å². The number of benzene rings is 2. The number of carbonyl (C=O) groups is 2. The van der Waals surface area contributed by atoms with E-state index in [0.29, 0.717) is 29.2 Å². The fourth-order valence-corrected chi connectivity index (χ4v) is 2.25. The van der Waals surface area contributed by atoms with Crippen LogP contribution >= 0.6 is 0 Å². The average molecular weight is 342 g/mol. The summed E-state index contributed by atoms with van der Waals surface area (Å²) in [5.41, 5.74) is 1.96. The van der Waals surface area contributed by atoms with E-state index in [9.17, 15) is 9.59 Å². The fourth-order valence-electron chi connectivity index (χ4n) is 2.25. The van der Waals surface area contributed by atoms with Crippen molar-refractivity contribution >= 4 is 11.8 Å². The summed E-state index contributed by atoms with van der Waals surface area (Å²) in [6.45, 7) is 0.356. The van der Waals surface area contributed by atoms with Gasteiger partial charge in [0.15, 0.2) is 0 Å². The number of rotatable bonds is 6. The normalized spacial score (nSPS) is 10.1. The van der Waals surface area contributed by atoms with Crippen molar-refractivity contribution in [2.24, 2.45) is 0 Å². The van der Waals surface area contributed by atoms with Crippen molar-refractivity contribution in [3.63, 3.8) is 0 Å². The number of methoxy groups -OCH3 is 2. The van der Waals surface area contributed by atoms with E-state index in [1.165, 1.54) is 19.1 Å². The molecule has 6 heteroatoms. The quantitative estimate of drug-likeness (QED) is 0.875. The molecule has 0 aromatic heterocycles. The highest BCUT2D eigenvalue weighted by Crippen LogP contribution is 2.22. The lowest BCUT2D eigenvalue weighted by Gasteiger charge is -2.11. The maximum atomic E-state index is 12.3. The molecule has 0 saturated carbocycles. The zero-order valence-corrected chi connectivity index (χ0v) is 14.8. The van der Waals surface area contributed by atoms with E-state index < -0.39 is 0 Å². The predicted octanol–water partition coefficient (Wildman–Crippen LogP) is 2.34. The summed E-state index contributed by atoms with van der Waals surface area (Å²) in [5, 5.41) is 2.84. The molecule has 132 valence electrons. The first-order chi connectivity index (χ1) is 11.9. The Kier molecular flexibility index (Phi) is 6.00. The van der Waals surface area contributed by atoms with Crippen LogP contribution in [0.1, 0.15) is 26.3 Å². The van der Waals surface area contributed by atoms with Crippen molar-refractivity contribution in [2.75, 3.05) is 28.3 Å². The van der Waals surface area contributed by atoms with Crippen molar-refractivity contribution in [1.29, 1.82) is 0 Å². The van der Waals surface area contributed by atoms with E-state index in [4.69, 9.17) is 9.47 Å². The average Bonchev–Trinajstić information content (AvgIpc) is 2.65. The van der Waals surface area contributed by atoms with E-state index in [1.54, 1.807) is 44.4 Å².